The molecule has 0 amide bonds. The third kappa shape index (κ3) is 8.72. The molecular weight excluding hydrogens is 547 g/mol. The van der Waals surface area contributed by atoms with Gasteiger partial charge in [0.2, 0.25) is 5.88 Å². The van der Waals surface area contributed by atoms with Gasteiger partial charge in [-0.05, 0) is 83.6 Å². The van der Waals surface area contributed by atoms with Gasteiger partial charge in [-0.2, -0.15) is 0 Å². The lowest BCUT2D eigenvalue weighted by molar-refractivity contribution is -0.171. The topological polar surface area (TPSA) is 86.7 Å². The number of benzene rings is 1. The molecule has 1 fully saturated rings. The summed E-state index contributed by atoms with van der Waals surface area (Å²) in [5.41, 5.74) is 4.24. The van der Waals surface area contributed by atoms with E-state index in [-0.39, 0.29) is 17.3 Å². The van der Waals surface area contributed by atoms with Crippen LogP contribution in [0.15, 0.2) is 42.6 Å². The van der Waals surface area contributed by atoms with Crippen molar-refractivity contribution in [3.63, 3.8) is 0 Å². The zero-order valence-corrected chi connectivity index (χ0v) is 26.7. The number of carbonyl (C=O) groups is 1. The van der Waals surface area contributed by atoms with E-state index in [0.29, 0.717) is 35.9 Å². The highest BCUT2D eigenvalue weighted by molar-refractivity contribution is 5.86. The smallest absolute Gasteiger partial charge is 0.340 e. The number of aryl methyl sites for hydroxylation is 1. The van der Waals surface area contributed by atoms with Crippen molar-refractivity contribution in [3.8, 4) is 17.1 Å². The Hall–Kier alpha value is -3.59. The highest BCUT2D eigenvalue weighted by Gasteiger charge is 2.37. The van der Waals surface area contributed by atoms with Crippen molar-refractivity contribution in [3.05, 3.63) is 65.2 Å². The fraction of sp³-hybridized carbons (Fsp3) is 0.529. The quantitative estimate of drug-likeness (QED) is 0.232. The van der Waals surface area contributed by atoms with Crippen molar-refractivity contribution >= 4 is 11.7 Å². The number of hydrogen-bond donors (Lipinski definition) is 0. The number of carbonyl (C=O) groups excluding carboxylic acids is 1. The predicted octanol–water partition coefficient (Wildman–Crippen LogP) is 7.04. The first-order valence-electron chi connectivity index (χ1n) is 15.1. The lowest BCUT2D eigenvalue weighted by Gasteiger charge is -2.41. The number of esters is 1. The van der Waals surface area contributed by atoms with Crippen LogP contribution < -0.4 is 9.64 Å². The van der Waals surface area contributed by atoms with Crippen LogP contribution in [-0.4, -0.2) is 52.6 Å². The molecule has 1 aliphatic heterocycles. The van der Waals surface area contributed by atoms with E-state index >= 15 is 0 Å². The zero-order chi connectivity index (χ0) is 31.4. The molecule has 43 heavy (non-hydrogen) atoms. The van der Waals surface area contributed by atoms with Crippen molar-refractivity contribution in [2.45, 2.75) is 92.5 Å². The highest BCUT2D eigenvalue weighted by Crippen LogP contribution is 2.43. The largest absolute Gasteiger partial charge is 0.476 e. The van der Waals surface area contributed by atoms with Crippen LogP contribution in [0.25, 0.3) is 11.3 Å². The number of ether oxygens (including phenoxy) is 3. The van der Waals surface area contributed by atoms with Crippen LogP contribution >= 0.6 is 0 Å². The van der Waals surface area contributed by atoms with Gasteiger partial charge in [0.1, 0.15) is 5.82 Å². The van der Waals surface area contributed by atoms with Crippen molar-refractivity contribution < 1.29 is 23.4 Å². The molecule has 0 spiro atoms. The van der Waals surface area contributed by atoms with Gasteiger partial charge in [0, 0.05) is 48.6 Å². The molecule has 8 nitrogen and oxygen atoms in total. The summed E-state index contributed by atoms with van der Waals surface area (Å²) in [6, 6.07) is 10.0. The Bertz CT molecular complexity index is 1380. The highest BCUT2D eigenvalue weighted by atomic mass is 19.1. The summed E-state index contributed by atoms with van der Waals surface area (Å²) in [6.07, 6.45) is 3.15. The lowest BCUT2D eigenvalue weighted by atomic mass is 9.82. The first kappa shape index (κ1) is 32.3. The maximum absolute atomic E-state index is 13.6. The Balaban J connectivity index is 1.71. The predicted molar refractivity (Wildman–Crippen MR) is 166 cm³/mol. The third-order valence-corrected chi connectivity index (χ3v) is 7.49. The Morgan fingerprint density at radius 3 is 2.30 bits per heavy atom. The van der Waals surface area contributed by atoms with Crippen molar-refractivity contribution in [1.29, 1.82) is 0 Å². The molecule has 9 heteroatoms. The average molecular weight is 593 g/mol. The van der Waals surface area contributed by atoms with E-state index in [9.17, 15) is 9.18 Å². The third-order valence-electron chi connectivity index (χ3n) is 7.49. The first-order valence-corrected chi connectivity index (χ1v) is 15.1. The van der Waals surface area contributed by atoms with Gasteiger partial charge in [0.15, 0.2) is 6.10 Å². The molecule has 0 saturated carbocycles. The zero-order valence-electron chi connectivity index (χ0n) is 26.7. The van der Waals surface area contributed by atoms with Gasteiger partial charge in [-0.25, -0.2) is 9.18 Å². The molecule has 2 aromatic heterocycles. The second-order valence-corrected chi connectivity index (χ2v) is 13.2. The van der Waals surface area contributed by atoms with Gasteiger partial charge in [-0.3, -0.25) is 4.98 Å². The Morgan fingerprint density at radius 2 is 1.72 bits per heavy atom. The number of pyridine rings is 1. The molecule has 0 aliphatic carbocycles. The molecule has 1 aromatic carbocycles. The van der Waals surface area contributed by atoms with Gasteiger partial charge < -0.3 is 19.1 Å². The van der Waals surface area contributed by atoms with E-state index in [1.165, 1.54) is 12.1 Å². The van der Waals surface area contributed by atoms with E-state index in [2.05, 4.69) is 28.9 Å². The normalized spacial score (nSPS) is 15.8. The minimum atomic E-state index is -0.971. The number of anilines is 1. The summed E-state index contributed by atoms with van der Waals surface area (Å²) in [7, 11) is 0. The number of rotatable bonds is 10. The first-order chi connectivity index (χ1) is 20.2. The number of halogens is 1. The molecule has 1 aliphatic rings. The molecule has 1 atom stereocenters. The minimum absolute atomic E-state index is 0.226. The number of aromatic nitrogens is 3. The van der Waals surface area contributed by atoms with Crippen LogP contribution in [0.1, 0.15) is 84.2 Å². The number of piperidine rings is 1. The molecule has 4 rings (SSSR count). The Morgan fingerprint density at radius 1 is 1.05 bits per heavy atom. The van der Waals surface area contributed by atoms with Crippen LogP contribution in [-0.2, 0) is 20.7 Å². The molecule has 0 unspecified atom stereocenters. The van der Waals surface area contributed by atoms with Crippen LogP contribution in [0.4, 0.5) is 10.1 Å². The molecule has 0 bridgehead atoms. The molecular formula is C34H45FN4O4. The average Bonchev–Trinajstić information content (AvgIpc) is 2.92. The van der Waals surface area contributed by atoms with E-state index < -0.39 is 17.7 Å². The van der Waals surface area contributed by atoms with E-state index in [4.69, 9.17) is 19.2 Å². The lowest BCUT2D eigenvalue weighted by Crippen LogP contribution is -2.39. The maximum Gasteiger partial charge on any atom is 0.340 e. The van der Waals surface area contributed by atoms with Gasteiger partial charge in [0.25, 0.3) is 0 Å². The fourth-order valence-electron chi connectivity index (χ4n) is 5.12. The van der Waals surface area contributed by atoms with E-state index in [1.54, 1.807) is 24.4 Å². The van der Waals surface area contributed by atoms with Crippen molar-refractivity contribution in [1.82, 2.24) is 15.2 Å². The van der Waals surface area contributed by atoms with Crippen LogP contribution in [0.3, 0.4) is 0 Å². The SMILES string of the molecule is Cc1ncc(-c2ccc(OCCc3ccc(F)cc3)nn2)c(N2CCC(C)(C)CC2)c1[C@H](OC(C)(C)C)C(=O)OC(C)C. The second kappa shape index (κ2) is 13.4. The summed E-state index contributed by atoms with van der Waals surface area (Å²) in [4.78, 5) is 20.6. The molecule has 1 saturated heterocycles. The van der Waals surface area contributed by atoms with Crippen molar-refractivity contribution in [2.75, 3.05) is 24.6 Å². The summed E-state index contributed by atoms with van der Waals surface area (Å²) in [6.45, 7) is 17.9. The molecule has 232 valence electrons. The van der Waals surface area contributed by atoms with Crippen LogP contribution in [0.2, 0.25) is 0 Å². The number of nitrogens with zero attached hydrogens (tertiary/aromatic N) is 4. The van der Waals surface area contributed by atoms with Gasteiger partial charge in [0.05, 0.1) is 29.7 Å². The summed E-state index contributed by atoms with van der Waals surface area (Å²) in [5, 5.41) is 8.86. The monoisotopic (exact) mass is 592 g/mol. The summed E-state index contributed by atoms with van der Waals surface area (Å²) in [5.74, 6) is -0.316. The van der Waals surface area contributed by atoms with Crippen LogP contribution in [0.5, 0.6) is 5.88 Å². The maximum atomic E-state index is 13.6. The Labute approximate surface area is 255 Å². The molecule has 3 aromatic rings. The standard InChI is InChI=1S/C34H45FN4O4/c1-22(2)42-32(40)31(43-33(4,5)6)29-23(3)36-21-26(30(29)39-18-16-34(7,8)17-19-39)27-13-14-28(38-37-27)41-20-15-24-9-11-25(35)12-10-24/h9-14,21-22,31H,15-20H2,1-8H3/t31-/m0/s1. The molecule has 0 radical (unpaired) electrons. The van der Waals surface area contributed by atoms with E-state index in [1.807, 2.05) is 47.6 Å². The fourth-order valence-corrected chi connectivity index (χ4v) is 5.12. The van der Waals surface area contributed by atoms with Gasteiger partial charge >= 0.3 is 5.97 Å². The van der Waals surface area contributed by atoms with E-state index in [0.717, 1.165) is 42.7 Å². The molecule has 0 N–H and O–H groups in total. The van der Waals surface area contributed by atoms with Gasteiger partial charge in [-0.15, -0.1) is 10.2 Å². The summed E-state index contributed by atoms with van der Waals surface area (Å²) < 4.78 is 31.2. The second-order valence-electron chi connectivity index (χ2n) is 13.2. The number of hydrogen-bond acceptors (Lipinski definition) is 8. The Kier molecular flexibility index (Phi) is 10.1. The summed E-state index contributed by atoms with van der Waals surface area (Å²) >= 11 is 0. The van der Waals surface area contributed by atoms with Crippen LogP contribution in [0, 0.1) is 18.2 Å². The van der Waals surface area contributed by atoms with Gasteiger partial charge in [-0.1, -0.05) is 26.0 Å². The molecule has 3 heterocycles. The minimum Gasteiger partial charge on any atom is -0.476 e. The van der Waals surface area contributed by atoms with Crippen molar-refractivity contribution in [2.24, 2.45) is 5.41 Å².